The highest BCUT2D eigenvalue weighted by molar-refractivity contribution is 7.91. The molecule has 206 valence electrons. The number of amides is 1. The number of halogens is 3. The predicted molar refractivity (Wildman–Crippen MR) is 134 cm³/mol. The smallest absolute Gasteiger partial charge is 0.389 e. The Balaban J connectivity index is 1.70. The first-order chi connectivity index (χ1) is 17.5. The Kier molecular flexibility index (Phi) is 9.59. The van der Waals surface area contributed by atoms with Crippen LogP contribution in [-0.4, -0.2) is 75.5 Å². The minimum absolute atomic E-state index is 0.0162. The number of aliphatic hydroxyl groups is 1. The van der Waals surface area contributed by atoms with Gasteiger partial charge >= 0.3 is 6.18 Å². The molecule has 2 aliphatic heterocycles. The third kappa shape index (κ3) is 7.02. The molecule has 3 rings (SSSR count). The van der Waals surface area contributed by atoms with E-state index in [0.29, 0.717) is 12.0 Å². The summed E-state index contributed by atoms with van der Waals surface area (Å²) in [7, 11) is 3.24. The van der Waals surface area contributed by atoms with E-state index in [4.69, 9.17) is 10.1 Å². The van der Waals surface area contributed by atoms with E-state index in [2.05, 4.69) is 10.6 Å². The minimum Gasteiger partial charge on any atom is -0.593 e. The molecule has 0 bridgehead atoms. The van der Waals surface area contributed by atoms with Gasteiger partial charge in [-0.25, -0.2) is 0 Å². The number of hydrogen-bond donors (Lipinski definition) is 4. The average Bonchev–Trinajstić information content (AvgIpc) is 3.10. The fraction of sp³-hybridized carbons (Fsp3) is 0.583. The number of likely N-dealkylation sites (N-methyl/N-ethyl adjacent to an activating group) is 1. The first-order valence-corrected chi connectivity index (χ1v) is 13.3. The van der Waals surface area contributed by atoms with Crippen molar-refractivity contribution in [1.82, 2.24) is 19.8 Å². The van der Waals surface area contributed by atoms with Crippen LogP contribution in [0.25, 0.3) is 0 Å². The third-order valence-corrected chi connectivity index (χ3v) is 8.23. The molecule has 3 aliphatic rings. The molecule has 1 saturated heterocycles. The van der Waals surface area contributed by atoms with Crippen molar-refractivity contribution < 1.29 is 32.4 Å². The first kappa shape index (κ1) is 28.9. The van der Waals surface area contributed by atoms with Crippen LogP contribution in [0.3, 0.4) is 0 Å². The summed E-state index contributed by atoms with van der Waals surface area (Å²) in [6.45, 7) is 1.96. The lowest BCUT2D eigenvalue weighted by Crippen LogP contribution is -2.60. The van der Waals surface area contributed by atoms with Crippen LogP contribution in [0.1, 0.15) is 32.6 Å². The minimum atomic E-state index is -4.23. The Labute approximate surface area is 217 Å². The summed E-state index contributed by atoms with van der Waals surface area (Å²) >= 11 is -1.57. The molecule has 0 radical (unpaired) electrons. The maximum atomic E-state index is 13.1. The highest BCUT2D eigenvalue weighted by Gasteiger charge is 2.46. The third-order valence-electron chi connectivity index (χ3n) is 6.59. The topological polar surface area (TPSA) is 124 Å². The Hall–Kier alpha value is -2.64. The van der Waals surface area contributed by atoms with E-state index in [-0.39, 0.29) is 48.6 Å². The molecule has 1 fully saturated rings. The van der Waals surface area contributed by atoms with Crippen molar-refractivity contribution in [2.45, 2.75) is 50.3 Å². The van der Waals surface area contributed by atoms with Gasteiger partial charge in [0.2, 0.25) is 0 Å². The van der Waals surface area contributed by atoms with Crippen LogP contribution >= 0.6 is 0 Å². The number of carbonyl (C=O) groups excluding carboxylic acids is 1. The van der Waals surface area contributed by atoms with Crippen molar-refractivity contribution in [3.05, 3.63) is 47.7 Å². The fourth-order valence-corrected chi connectivity index (χ4v) is 5.53. The highest BCUT2D eigenvalue weighted by Crippen LogP contribution is 2.34. The quantitative estimate of drug-likeness (QED) is 0.199. The molecule has 0 saturated carbocycles. The molecule has 0 spiro atoms. The molecular weight excluding hydrogens is 511 g/mol. The van der Waals surface area contributed by atoms with E-state index in [1.54, 1.807) is 19.0 Å². The van der Waals surface area contributed by atoms with Gasteiger partial charge in [-0.3, -0.25) is 10.2 Å². The van der Waals surface area contributed by atoms with Crippen molar-refractivity contribution in [2.75, 3.05) is 27.2 Å². The molecule has 37 heavy (non-hydrogen) atoms. The number of rotatable bonds is 9. The van der Waals surface area contributed by atoms with Gasteiger partial charge in [0.05, 0.1) is 18.0 Å². The molecule has 5 atom stereocenters. The average molecular weight is 546 g/mol. The Morgan fingerprint density at radius 2 is 2.14 bits per heavy atom. The van der Waals surface area contributed by atoms with E-state index in [0.717, 1.165) is 6.42 Å². The molecule has 1 amide bonds. The molecule has 13 heteroatoms. The maximum Gasteiger partial charge on any atom is 0.389 e. The van der Waals surface area contributed by atoms with Gasteiger partial charge in [0.15, 0.2) is 17.3 Å². The molecule has 0 aromatic rings. The summed E-state index contributed by atoms with van der Waals surface area (Å²) < 4.78 is 57.8. The number of amidine groups is 1. The number of alkyl halides is 3. The maximum absolute atomic E-state index is 13.1. The van der Waals surface area contributed by atoms with E-state index in [1.807, 2.05) is 25.2 Å². The van der Waals surface area contributed by atoms with Crippen molar-refractivity contribution in [3.63, 3.8) is 0 Å². The second-order valence-corrected chi connectivity index (χ2v) is 10.9. The van der Waals surface area contributed by atoms with Crippen LogP contribution in [0.2, 0.25) is 0 Å². The number of ether oxygens (including phenoxy) is 1. The molecule has 1 aliphatic carbocycles. The summed E-state index contributed by atoms with van der Waals surface area (Å²) in [5, 5.41) is 22.5. The second kappa shape index (κ2) is 12.3. The van der Waals surface area contributed by atoms with Gasteiger partial charge in [0.25, 0.3) is 5.91 Å². The zero-order valence-electron chi connectivity index (χ0n) is 21.0. The Morgan fingerprint density at radius 3 is 2.73 bits per heavy atom. The number of hydrogen-bond acceptors (Lipinski definition) is 7. The molecule has 2 heterocycles. The number of nitrogens with one attached hydrogen (secondary N) is 3. The van der Waals surface area contributed by atoms with Gasteiger partial charge < -0.3 is 29.9 Å². The molecule has 9 nitrogen and oxygen atoms in total. The molecule has 5 unspecified atom stereocenters. The Bertz CT molecular complexity index is 984. The summed E-state index contributed by atoms with van der Waals surface area (Å²) in [5.74, 6) is -0.874. The van der Waals surface area contributed by atoms with Gasteiger partial charge in [-0.15, -0.1) is 0 Å². The monoisotopic (exact) mass is 545 g/mol. The van der Waals surface area contributed by atoms with Crippen LogP contribution in [0.4, 0.5) is 13.2 Å². The lowest BCUT2D eigenvalue weighted by atomic mass is 9.90. The lowest BCUT2D eigenvalue weighted by molar-refractivity contribution is -0.137. The molecule has 4 N–H and O–H groups in total. The number of nitrogens with zero attached hydrogens (tertiary/aromatic N) is 2. The van der Waals surface area contributed by atoms with Crippen LogP contribution in [0.15, 0.2) is 47.7 Å². The van der Waals surface area contributed by atoms with E-state index < -0.39 is 41.3 Å². The highest BCUT2D eigenvalue weighted by atomic mass is 32.2. The number of aliphatic hydroxyl groups excluding tert-OH is 1. The van der Waals surface area contributed by atoms with E-state index in [1.165, 1.54) is 16.8 Å². The number of allylic oxidation sites excluding steroid dienone is 2. The van der Waals surface area contributed by atoms with Gasteiger partial charge in [-0.2, -0.15) is 17.5 Å². The largest absolute Gasteiger partial charge is 0.593 e. The molecule has 0 aromatic heterocycles. The Morgan fingerprint density at radius 1 is 1.41 bits per heavy atom. The van der Waals surface area contributed by atoms with Crippen LogP contribution < -0.4 is 10.6 Å². The van der Waals surface area contributed by atoms with Gasteiger partial charge in [-0.1, -0.05) is 25.2 Å². The zero-order chi connectivity index (χ0) is 27.3. The summed E-state index contributed by atoms with van der Waals surface area (Å²) in [6, 6.07) is 0. The predicted octanol–water partition coefficient (Wildman–Crippen LogP) is 2.48. The summed E-state index contributed by atoms with van der Waals surface area (Å²) in [6.07, 6.45) is 3.95. The van der Waals surface area contributed by atoms with Gasteiger partial charge in [0.1, 0.15) is 24.2 Å². The standard InChI is InChI=1S/C24H34F3N5O4S/c1-4-15-5-6-17(10-16(9-15)7-8-24(25,26)27)23-31(3)20(14-36-23)22(34)30-19(11-29-2)21(28)32-12-18(13-33)37(32)35/h5-6,10-11,14-16,18,23,28-29,33H,4,7-9,12-13H2,1-3H3,(H,30,34)/b19-11+,28-21?. The van der Waals surface area contributed by atoms with E-state index >= 15 is 0 Å². The summed E-state index contributed by atoms with van der Waals surface area (Å²) in [4.78, 5) is 14.7. The van der Waals surface area contributed by atoms with Crippen molar-refractivity contribution in [2.24, 2.45) is 11.8 Å². The van der Waals surface area contributed by atoms with Crippen molar-refractivity contribution in [3.8, 4) is 0 Å². The molecule has 0 aromatic carbocycles. The van der Waals surface area contributed by atoms with Crippen LogP contribution in [0, 0.1) is 17.2 Å². The normalized spacial score (nSPS) is 28.1. The SMILES string of the molecule is CCC1C=CC(C2OC=C(C(=O)N/C(=C/NC)C(=N)N3CC(CO)[S+]3[O-])N2C)=CC(CCC(F)(F)F)C1. The van der Waals surface area contributed by atoms with Gasteiger partial charge in [0, 0.05) is 32.3 Å². The fourth-order valence-electron chi connectivity index (χ4n) is 4.42. The van der Waals surface area contributed by atoms with Crippen LogP contribution in [-0.2, 0) is 20.9 Å². The van der Waals surface area contributed by atoms with Crippen molar-refractivity contribution >= 4 is 23.1 Å². The van der Waals surface area contributed by atoms with Gasteiger partial charge in [-0.05, 0) is 31.1 Å². The second-order valence-electron chi connectivity index (χ2n) is 9.24. The first-order valence-electron chi connectivity index (χ1n) is 12.1. The van der Waals surface area contributed by atoms with Crippen LogP contribution in [0.5, 0.6) is 0 Å². The van der Waals surface area contributed by atoms with Crippen molar-refractivity contribution in [1.29, 1.82) is 5.41 Å². The summed E-state index contributed by atoms with van der Waals surface area (Å²) in [5.41, 5.74) is 0.922. The number of carbonyl (C=O) groups is 1. The van der Waals surface area contributed by atoms with E-state index in [9.17, 15) is 27.6 Å². The lowest BCUT2D eigenvalue weighted by Gasteiger charge is -2.40. The molecular formula is C24H34F3N5O4S. The zero-order valence-corrected chi connectivity index (χ0v) is 21.9.